The number of anilines is 1. The number of fused-ring (bicyclic) bond motifs is 1. The van der Waals surface area contributed by atoms with Crippen molar-refractivity contribution in [2.24, 2.45) is 0 Å². The minimum Gasteiger partial charge on any atom is -0.365 e. The molecule has 2 aliphatic heterocycles. The Kier molecular flexibility index (Phi) is 6.44. The minimum absolute atomic E-state index is 0.0443. The number of aromatic amines is 1. The Morgan fingerprint density at radius 1 is 1.11 bits per heavy atom. The number of rotatable bonds is 5. The number of nitrogens with one attached hydrogen (secondary N) is 2. The van der Waals surface area contributed by atoms with Crippen LogP contribution in [0.15, 0.2) is 29.2 Å². The van der Waals surface area contributed by atoms with Gasteiger partial charge in [0.2, 0.25) is 5.95 Å². The van der Waals surface area contributed by atoms with Crippen molar-refractivity contribution in [3.63, 3.8) is 0 Å². The van der Waals surface area contributed by atoms with Crippen LogP contribution in [0.1, 0.15) is 34.6 Å². The summed E-state index contributed by atoms with van der Waals surface area (Å²) >= 11 is 0. The number of H-pyrrole nitrogens is 1. The maximum Gasteiger partial charge on any atom is 0.284 e. The topological polar surface area (TPSA) is 97.5 Å². The smallest absolute Gasteiger partial charge is 0.284 e. The van der Waals surface area contributed by atoms with E-state index >= 15 is 0 Å². The third-order valence-corrected chi connectivity index (χ3v) is 6.60. The zero-order valence-corrected chi connectivity index (χ0v) is 19.5. The van der Waals surface area contributed by atoms with Gasteiger partial charge in [0.15, 0.2) is 5.82 Å². The summed E-state index contributed by atoms with van der Waals surface area (Å²) in [5, 5.41) is 2.37. The predicted molar refractivity (Wildman–Crippen MR) is 127 cm³/mol. The van der Waals surface area contributed by atoms with Crippen LogP contribution in [-0.4, -0.2) is 70.0 Å². The van der Waals surface area contributed by atoms with Crippen LogP contribution < -0.4 is 15.9 Å². The van der Waals surface area contributed by atoms with Gasteiger partial charge in [0.1, 0.15) is 5.69 Å². The van der Waals surface area contributed by atoms with Crippen LogP contribution >= 0.6 is 0 Å². The number of carbonyl (C=O) groups is 1. The van der Waals surface area contributed by atoms with Crippen LogP contribution in [0.5, 0.6) is 0 Å². The first-order valence-corrected chi connectivity index (χ1v) is 11.8. The van der Waals surface area contributed by atoms with Gasteiger partial charge in [0, 0.05) is 63.0 Å². The number of pyridine rings is 3. The molecule has 184 valence electrons. The summed E-state index contributed by atoms with van der Waals surface area (Å²) in [5.74, 6) is -1.63. The second-order valence-electron chi connectivity index (χ2n) is 9.04. The number of halogens is 2. The van der Waals surface area contributed by atoms with Crippen molar-refractivity contribution in [3.05, 3.63) is 63.5 Å². The Hall–Kier alpha value is -3.44. The standard InChI is InChI=1S/C24H27F2N7O2/c1-15-12-16-13-27-18(20(25)21(16)29-23(15)34)14-31-8-10-32(11-9-31)19-5-4-17(28-22(19)26)24(35)30-33-6-2-3-7-33/h4-5,12-13H,2-3,6-11,14H2,1H3,(H,29,34)(H,30,35). The van der Waals surface area contributed by atoms with E-state index < -0.39 is 17.7 Å². The van der Waals surface area contributed by atoms with Crippen molar-refractivity contribution in [2.45, 2.75) is 26.3 Å². The van der Waals surface area contributed by atoms with Crippen molar-refractivity contribution in [1.82, 2.24) is 30.3 Å². The molecule has 0 saturated carbocycles. The number of carbonyl (C=O) groups excluding carboxylic acids is 1. The van der Waals surface area contributed by atoms with E-state index in [2.05, 4.69) is 20.4 Å². The molecule has 35 heavy (non-hydrogen) atoms. The Morgan fingerprint density at radius 2 is 1.86 bits per heavy atom. The van der Waals surface area contributed by atoms with E-state index in [0.717, 1.165) is 25.9 Å². The van der Waals surface area contributed by atoms with Crippen LogP contribution in [0.2, 0.25) is 0 Å². The SMILES string of the molecule is Cc1cc2cnc(CN3CCN(c4ccc(C(=O)NN5CCCC5)nc4F)CC3)c(F)c2[nH]c1=O. The van der Waals surface area contributed by atoms with Gasteiger partial charge in [-0.2, -0.15) is 4.39 Å². The molecule has 0 radical (unpaired) electrons. The van der Waals surface area contributed by atoms with Crippen molar-refractivity contribution in [2.75, 3.05) is 44.2 Å². The van der Waals surface area contributed by atoms with E-state index in [0.29, 0.717) is 42.8 Å². The second kappa shape index (κ2) is 9.67. The molecule has 0 unspecified atom stereocenters. The van der Waals surface area contributed by atoms with E-state index in [9.17, 15) is 18.4 Å². The number of aryl methyl sites for hydroxylation is 1. The monoisotopic (exact) mass is 483 g/mol. The van der Waals surface area contributed by atoms with Crippen molar-refractivity contribution < 1.29 is 13.6 Å². The molecule has 0 bridgehead atoms. The first-order valence-electron chi connectivity index (χ1n) is 11.8. The number of hydrazine groups is 1. The second-order valence-corrected chi connectivity index (χ2v) is 9.04. The van der Waals surface area contributed by atoms with E-state index in [1.165, 1.54) is 6.07 Å². The summed E-state index contributed by atoms with van der Waals surface area (Å²) in [7, 11) is 0. The molecule has 0 aliphatic carbocycles. The first kappa shape index (κ1) is 23.3. The molecule has 2 fully saturated rings. The number of hydrogen-bond donors (Lipinski definition) is 2. The zero-order valence-electron chi connectivity index (χ0n) is 19.5. The van der Waals surface area contributed by atoms with Crippen LogP contribution in [0.3, 0.4) is 0 Å². The van der Waals surface area contributed by atoms with Crippen LogP contribution in [0.25, 0.3) is 10.9 Å². The third-order valence-electron chi connectivity index (χ3n) is 6.60. The highest BCUT2D eigenvalue weighted by Crippen LogP contribution is 2.22. The Bertz CT molecular complexity index is 1320. The third kappa shape index (κ3) is 4.87. The van der Waals surface area contributed by atoms with E-state index in [4.69, 9.17) is 0 Å². The fourth-order valence-electron chi connectivity index (χ4n) is 4.58. The van der Waals surface area contributed by atoms with Gasteiger partial charge in [-0.15, -0.1) is 0 Å². The summed E-state index contributed by atoms with van der Waals surface area (Å²) < 4.78 is 29.8. The van der Waals surface area contributed by atoms with E-state index in [-0.39, 0.29) is 29.0 Å². The number of nitrogens with zero attached hydrogens (tertiary/aromatic N) is 5. The van der Waals surface area contributed by atoms with Gasteiger partial charge in [-0.05, 0) is 38.0 Å². The molecular formula is C24H27F2N7O2. The molecule has 2 aliphatic rings. The summed E-state index contributed by atoms with van der Waals surface area (Å²) in [6.45, 7) is 5.69. The number of aromatic nitrogens is 3. The van der Waals surface area contributed by atoms with Crippen molar-refractivity contribution in [3.8, 4) is 0 Å². The Labute approximate surface area is 200 Å². The first-order chi connectivity index (χ1) is 16.9. The highest BCUT2D eigenvalue weighted by atomic mass is 19.1. The normalized spacial score (nSPS) is 17.3. The van der Waals surface area contributed by atoms with E-state index in [1.54, 1.807) is 25.3 Å². The molecule has 0 atom stereocenters. The molecule has 9 nitrogen and oxygen atoms in total. The summed E-state index contributed by atoms with van der Waals surface area (Å²) in [4.78, 5) is 38.9. The molecule has 0 aromatic carbocycles. The summed E-state index contributed by atoms with van der Waals surface area (Å²) in [6.07, 6.45) is 3.61. The molecule has 3 aromatic heterocycles. The zero-order chi connectivity index (χ0) is 24.5. The minimum atomic E-state index is -0.686. The Morgan fingerprint density at radius 3 is 2.57 bits per heavy atom. The lowest BCUT2D eigenvalue weighted by Gasteiger charge is -2.35. The predicted octanol–water partition coefficient (Wildman–Crippen LogP) is 1.97. The molecule has 3 aromatic rings. The fraction of sp³-hybridized carbons (Fsp3) is 0.417. The van der Waals surface area contributed by atoms with Gasteiger partial charge in [0.25, 0.3) is 11.5 Å². The molecule has 0 spiro atoms. The highest BCUT2D eigenvalue weighted by molar-refractivity contribution is 5.92. The maximum absolute atomic E-state index is 15.0. The van der Waals surface area contributed by atoms with Crippen LogP contribution in [-0.2, 0) is 6.54 Å². The van der Waals surface area contributed by atoms with Gasteiger partial charge < -0.3 is 9.88 Å². The van der Waals surface area contributed by atoms with Gasteiger partial charge in [-0.3, -0.25) is 24.9 Å². The largest absolute Gasteiger partial charge is 0.365 e. The van der Waals surface area contributed by atoms with Crippen LogP contribution in [0, 0.1) is 18.7 Å². The van der Waals surface area contributed by atoms with E-state index in [1.807, 2.05) is 14.8 Å². The van der Waals surface area contributed by atoms with Crippen molar-refractivity contribution in [1.29, 1.82) is 0 Å². The quantitative estimate of drug-likeness (QED) is 0.536. The average molecular weight is 484 g/mol. The molecular weight excluding hydrogens is 456 g/mol. The summed E-state index contributed by atoms with van der Waals surface area (Å²) in [6, 6.07) is 4.74. The fourth-order valence-corrected chi connectivity index (χ4v) is 4.58. The molecule has 2 N–H and O–H groups in total. The molecule has 5 rings (SSSR count). The molecule has 11 heteroatoms. The summed E-state index contributed by atoms with van der Waals surface area (Å²) in [5.41, 5.74) is 3.74. The van der Waals surface area contributed by atoms with Gasteiger partial charge in [-0.1, -0.05) is 0 Å². The number of piperazine rings is 1. The lowest BCUT2D eigenvalue weighted by Crippen LogP contribution is -2.46. The number of hydrogen-bond acceptors (Lipinski definition) is 7. The average Bonchev–Trinajstić information content (AvgIpc) is 3.36. The Balaban J connectivity index is 1.22. The molecule has 5 heterocycles. The van der Waals surface area contributed by atoms with Crippen LogP contribution in [0.4, 0.5) is 14.5 Å². The molecule has 1 amide bonds. The maximum atomic E-state index is 15.0. The lowest BCUT2D eigenvalue weighted by molar-refractivity contribution is 0.0819. The van der Waals surface area contributed by atoms with Crippen molar-refractivity contribution >= 4 is 22.5 Å². The van der Waals surface area contributed by atoms with Gasteiger partial charge >= 0.3 is 0 Å². The van der Waals surface area contributed by atoms with Gasteiger partial charge in [-0.25, -0.2) is 14.4 Å². The van der Waals surface area contributed by atoms with Gasteiger partial charge in [0.05, 0.1) is 16.9 Å². The number of amides is 1. The highest BCUT2D eigenvalue weighted by Gasteiger charge is 2.24. The molecule has 2 saturated heterocycles. The lowest BCUT2D eigenvalue weighted by atomic mass is 10.1.